The maximum Gasteiger partial charge on any atom is 0.161 e. The van der Waals surface area contributed by atoms with Crippen LogP contribution in [0.5, 0.6) is 0 Å². The summed E-state index contributed by atoms with van der Waals surface area (Å²) in [5.41, 5.74) is 4.74. The van der Waals surface area contributed by atoms with E-state index in [2.05, 4.69) is 47.0 Å². The first kappa shape index (κ1) is 13.4. The molecule has 2 heterocycles. The van der Waals surface area contributed by atoms with Crippen molar-refractivity contribution in [2.24, 2.45) is 0 Å². The van der Waals surface area contributed by atoms with Crippen LogP contribution in [-0.4, -0.2) is 23.6 Å². The second-order valence-electron chi connectivity index (χ2n) is 5.27. The molecule has 0 fully saturated rings. The molecule has 0 spiro atoms. The maximum absolute atomic E-state index is 6.12. The lowest BCUT2D eigenvalue weighted by atomic mass is 10.1. The van der Waals surface area contributed by atoms with E-state index in [1.54, 1.807) is 0 Å². The highest BCUT2D eigenvalue weighted by atomic mass is 35.5. The maximum atomic E-state index is 6.12. The van der Waals surface area contributed by atoms with E-state index in [0.29, 0.717) is 5.15 Å². The quantitative estimate of drug-likeness (QED) is 0.805. The number of aromatic nitrogens is 2. The number of fused-ring (bicyclic) bond motifs is 1. The zero-order valence-corrected chi connectivity index (χ0v) is 12.6. The minimum Gasteiger partial charge on any atom is -0.374 e. The van der Waals surface area contributed by atoms with E-state index >= 15 is 0 Å². The van der Waals surface area contributed by atoms with Gasteiger partial charge in [0.2, 0.25) is 0 Å². The number of hydrogen-bond donors (Lipinski definition) is 0. The first-order valence-corrected chi connectivity index (χ1v) is 7.43. The summed E-state index contributed by atoms with van der Waals surface area (Å²) in [5.74, 6) is 0.735. The molecule has 104 valence electrons. The number of halogens is 1. The van der Waals surface area contributed by atoms with Crippen LogP contribution in [0.15, 0.2) is 24.3 Å². The molecule has 3 nitrogen and oxygen atoms in total. The van der Waals surface area contributed by atoms with Gasteiger partial charge in [0.25, 0.3) is 0 Å². The summed E-state index contributed by atoms with van der Waals surface area (Å²) in [6, 6.07) is 8.29. The zero-order chi connectivity index (χ0) is 14.1. The highest BCUT2D eigenvalue weighted by molar-refractivity contribution is 6.29. The fraction of sp³-hybridized carbons (Fsp3) is 0.375. The van der Waals surface area contributed by atoms with Crippen molar-refractivity contribution in [1.82, 2.24) is 9.97 Å². The average molecular weight is 288 g/mol. The number of hydrogen-bond acceptors (Lipinski definition) is 3. The molecule has 0 aliphatic carbocycles. The van der Waals surface area contributed by atoms with Gasteiger partial charge in [-0.3, -0.25) is 0 Å². The Morgan fingerprint density at radius 2 is 2.10 bits per heavy atom. The van der Waals surface area contributed by atoms with Crippen LogP contribution in [0.2, 0.25) is 5.15 Å². The van der Waals surface area contributed by atoms with E-state index in [4.69, 9.17) is 11.6 Å². The minimum atomic E-state index is 0.524. The normalized spacial score (nSPS) is 13.7. The van der Waals surface area contributed by atoms with Crippen LogP contribution in [0.4, 0.5) is 5.69 Å². The van der Waals surface area contributed by atoms with Gasteiger partial charge in [0.15, 0.2) is 5.82 Å². The Kier molecular flexibility index (Phi) is 3.62. The third kappa shape index (κ3) is 2.50. The monoisotopic (exact) mass is 287 g/mol. The molecule has 20 heavy (non-hydrogen) atoms. The molecule has 1 aromatic heterocycles. The second-order valence-corrected chi connectivity index (χ2v) is 5.66. The van der Waals surface area contributed by atoms with E-state index in [9.17, 15) is 0 Å². The average Bonchev–Trinajstić information content (AvgIpc) is 2.80. The fourth-order valence-electron chi connectivity index (χ4n) is 2.68. The molecule has 0 unspecified atom stereocenters. The molecule has 3 rings (SSSR count). The number of benzene rings is 1. The number of aryl methyl sites for hydroxylation is 1. The molecule has 2 aromatic rings. The van der Waals surface area contributed by atoms with Gasteiger partial charge in [-0.2, -0.15) is 0 Å². The van der Waals surface area contributed by atoms with Crippen molar-refractivity contribution >= 4 is 17.3 Å². The molecular formula is C16H18ClN3. The highest BCUT2D eigenvalue weighted by Crippen LogP contribution is 2.30. The first-order chi connectivity index (χ1) is 9.67. The van der Waals surface area contributed by atoms with Gasteiger partial charge in [0.05, 0.1) is 0 Å². The molecule has 1 aliphatic heterocycles. The number of likely N-dealkylation sites (N-methyl/N-ethyl adjacent to an activating group) is 1. The predicted molar refractivity (Wildman–Crippen MR) is 83.4 cm³/mol. The lowest BCUT2D eigenvalue weighted by Gasteiger charge is -2.12. The van der Waals surface area contributed by atoms with Gasteiger partial charge in [-0.25, -0.2) is 9.97 Å². The van der Waals surface area contributed by atoms with Crippen molar-refractivity contribution in [1.29, 1.82) is 0 Å². The van der Waals surface area contributed by atoms with E-state index in [1.807, 2.05) is 6.07 Å². The molecule has 0 N–H and O–H groups in total. The van der Waals surface area contributed by atoms with Crippen LogP contribution in [0.1, 0.15) is 24.6 Å². The van der Waals surface area contributed by atoms with Gasteiger partial charge >= 0.3 is 0 Å². The Bertz CT molecular complexity index is 640. The van der Waals surface area contributed by atoms with E-state index < -0.39 is 0 Å². The van der Waals surface area contributed by atoms with Crippen molar-refractivity contribution in [2.75, 3.05) is 18.5 Å². The third-order valence-electron chi connectivity index (χ3n) is 3.72. The molecule has 0 amide bonds. The van der Waals surface area contributed by atoms with Crippen LogP contribution in [0.3, 0.4) is 0 Å². The summed E-state index contributed by atoms with van der Waals surface area (Å²) < 4.78 is 0. The van der Waals surface area contributed by atoms with Crippen LogP contribution in [0, 0.1) is 0 Å². The molecule has 0 atom stereocenters. The van der Waals surface area contributed by atoms with Crippen molar-refractivity contribution in [3.8, 4) is 11.4 Å². The second kappa shape index (κ2) is 5.41. The number of nitrogens with zero attached hydrogens (tertiary/aromatic N) is 3. The van der Waals surface area contributed by atoms with Gasteiger partial charge in [-0.15, -0.1) is 0 Å². The fourth-order valence-corrected chi connectivity index (χ4v) is 2.89. The van der Waals surface area contributed by atoms with E-state index in [-0.39, 0.29) is 0 Å². The van der Waals surface area contributed by atoms with E-state index in [1.165, 1.54) is 11.3 Å². The smallest absolute Gasteiger partial charge is 0.161 e. The summed E-state index contributed by atoms with van der Waals surface area (Å²) in [7, 11) is 2.13. The van der Waals surface area contributed by atoms with Crippen molar-refractivity contribution in [2.45, 2.75) is 26.2 Å². The molecule has 0 radical (unpaired) electrons. The predicted octanol–water partition coefficient (Wildman–Crippen LogP) is 3.74. The summed E-state index contributed by atoms with van der Waals surface area (Å²) >= 11 is 6.12. The van der Waals surface area contributed by atoms with Crippen molar-refractivity contribution in [3.63, 3.8) is 0 Å². The first-order valence-electron chi connectivity index (χ1n) is 7.05. The lowest BCUT2D eigenvalue weighted by molar-refractivity contribution is 0.875. The molecule has 1 aliphatic rings. The molecule has 0 bridgehead atoms. The van der Waals surface area contributed by atoms with Crippen LogP contribution >= 0.6 is 11.6 Å². The summed E-state index contributed by atoms with van der Waals surface area (Å²) in [5, 5.41) is 0.524. The molecule has 0 saturated carbocycles. The molecule has 0 saturated heterocycles. The number of rotatable bonds is 3. The Morgan fingerprint density at radius 3 is 2.90 bits per heavy atom. The summed E-state index contributed by atoms with van der Waals surface area (Å²) in [4.78, 5) is 11.3. The van der Waals surface area contributed by atoms with Gasteiger partial charge in [-0.05, 0) is 42.7 Å². The SMILES string of the molecule is CCCc1cc(Cl)nc(-c2ccc3c(c2)CCN3C)n1. The summed E-state index contributed by atoms with van der Waals surface area (Å²) in [6.07, 6.45) is 3.08. The van der Waals surface area contributed by atoms with Crippen molar-refractivity contribution in [3.05, 3.63) is 40.7 Å². The van der Waals surface area contributed by atoms with Crippen LogP contribution in [0.25, 0.3) is 11.4 Å². The minimum absolute atomic E-state index is 0.524. The lowest BCUT2D eigenvalue weighted by Crippen LogP contribution is -2.12. The largest absolute Gasteiger partial charge is 0.374 e. The Morgan fingerprint density at radius 1 is 1.25 bits per heavy atom. The summed E-state index contributed by atoms with van der Waals surface area (Å²) in [6.45, 7) is 3.22. The van der Waals surface area contributed by atoms with Gasteiger partial charge in [0, 0.05) is 30.5 Å². The molecule has 1 aromatic carbocycles. The Labute approximate surface area is 124 Å². The van der Waals surface area contributed by atoms with E-state index in [0.717, 1.165) is 42.9 Å². The number of anilines is 1. The molecular weight excluding hydrogens is 270 g/mol. The third-order valence-corrected chi connectivity index (χ3v) is 3.91. The van der Waals surface area contributed by atoms with Gasteiger partial charge in [0.1, 0.15) is 5.15 Å². The standard InChI is InChI=1S/C16H18ClN3/c1-3-4-13-10-15(17)19-16(18-13)12-5-6-14-11(9-12)7-8-20(14)2/h5-6,9-10H,3-4,7-8H2,1-2H3. The van der Waals surface area contributed by atoms with Crippen molar-refractivity contribution < 1.29 is 0 Å². The topological polar surface area (TPSA) is 29.0 Å². The van der Waals surface area contributed by atoms with Crippen LogP contribution in [-0.2, 0) is 12.8 Å². The molecule has 4 heteroatoms. The zero-order valence-electron chi connectivity index (χ0n) is 11.9. The Hall–Kier alpha value is -1.61. The highest BCUT2D eigenvalue weighted by Gasteiger charge is 2.17. The Balaban J connectivity index is 2.01. The van der Waals surface area contributed by atoms with Gasteiger partial charge < -0.3 is 4.90 Å². The van der Waals surface area contributed by atoms with Crippen LogP contribution < -0.4 is 4.90 Å². The van der Waals surface area contributed by atoms with Gasteiger partial charge in [-0.1, -0.05) is 24.9 Å².